The first-order valence-corrected chi connectivity index (χ1v) is 8.19. The summed E-state index contributed by atoms with van der Waals surface area (Å²) in [6.45, 7) is 2.75. The zero-order valence-electron chi connectivity index (χ0n) is 13.5. The first kappa shape index (κ1) is 18.0. The summed E-state index contributed by atoms with van der Waals surface area (Å²) >= 11 is 0. The zero-order chi connectivity index (χ0) is 16.9. The van der Waals surface area contributed by atoms with Gasteiger partial charge in [-0.1, -0.05) is 12.8 Å². The molecule has 1 aliphatic carbocycles. The van der Waals surface area contributed by atoms with Gasteiger partial charge in [0.25, 0.3) is 0 Å². The predicted molar refractivity (Wildman–Crippen MR) is 83.8 cm³/mol. The summed E-state index contributed by atoms with van der Waals surface area (Å²) in [5, 5.41) is 3.47. The summed E-state index contributed by atoms with van der Waals surface area (Å²) in [7, 11) is 1.80. The van der Waals surface area contributed by atoms with E-state index in [0.29, 0.717) is 17.4 Å². The molecular weight excluding hydrogens is 305 g/mol. The Morgan fingerprint density at radius 1 is 1.35 bits per heavy atom. The van der Waals surface area contributed by atoms with Gasteiger partial charge in [0.2, 0.25) is 0 Å². The quantitative estimate of drug-likeness (QED) is 0.477. The van der Waals surface area contributed by atoms with Crippen LogP contribution in [0.5, 0.6) is 0 Å². The van der Waals surface area contributed by atoms with Crippen molar-refractivity contribution in [1.82, 2.24) is 10.2 Å². The number of rotatable bonds is 5. The Morgan fingerprint density at radius 2 is 2.04 bits per heavy atom. The largest absolute Gasteiger partial charge is 0.416 e. The van der Waals surface area contributed by atoms with Crippen molar-refractivity contribution in [1.29, 1.82) is 0 Å². The number of nitrogens with zero attached hydrogens (tertiary/aromatic N) is 1. The second-order valence-electron chi connectivity index (χ2n) is 6.74. The van der Waals surface area contributed by atoms with Crippen LogP contribution < -0.4 is 5.32 Å². The highest BCUT2D eigenvalue weighted by atomic mass is 19.4. The normalized spacial score (nSPS) is 25.2. The fourth-order valence-corrected chi connectivity index (χ4v) is 3.95. The average molecular weight is 330 g/mol. The molecule has 1 spiro atoms. The van der Waals surface area contributed by atoms with Crippen LogP contribution in [-0.4, -0.2) is 44.0 Å². The first-order valence-electron chi connectivity index (χ1n) is 8.19. The van der Waals surface area contributed by atoms with E-state index in [4.69, 9.17) is 0 Å². The minimum absolute atomic E-state index is 0.174. The fourth-order valence-electron chi connectivity index (χ4n) is 3.95. The Kier molecular flexibility index (Phi) is 5.89. The Labute approximate surface area is 135 Å². The number of halogens is 3. The van der Waals surface area contributed by atoms with Gasteiger partial charge in [-0.3, -0.25) is 4.79 Å². The molecule has 1 unspecified atom stereocenters. The Morgan fingerprint density at radius 3 is 2.65 bits per heavy atom. The molecule has 2 aliphatic rings. The van der Waals surface area contributed by atoms with Gasteiger partial charge in [-0.15, -0.1) is 0 Å². The Bertz CT molecular complexity index is 465. The van der Waals surface area contributed by atoms with Crippen LogP contribution >= 0.6 is 0 Å². The molecule has 1 N–H and O–H groups in total. The maximum Gasteiger partial charge on any atom is 0.416 e. The number of piperidine rings is 1. The molecular formula is C17H25F3N2O. The monoisotopic (exact) mass is 330 g/mol. The number of nitrogens with one attached hydrogen (secondary N) is 1. The van der Waals surface area contributed by atoms with Crippen LogP contribution in [0.2, 0.25) is 0 Å². The summed E-state index contributed by atoms with van der Waals surface area (Å²) in [5.41, 5.74) is -0.605. The lowest BCUT2D eigenvalue weighted by atomic mass is 9.70. The summed E-state index contributed by atoms with van der Waals surface area (Å²) in [5.74, 6) is 0.505. The van der Waals surface area contributed by atoms with Gasteiger partial charge in [0, 0.05) is 20.1 Å². The minimum atomic E-state index is -4.50. The maximum atomic E-state index is 12.8. The van der Waals surface area contributed by atoms with Crippen LogP contribution in [0, 0.1) is 11.3 Å². The fraction of sp³-hybridized carbons (Fsp3) is 0.706. The molecule has 0 aromatic heterocycles. The third-order valence-corrected chi connectivity index (χ3v) is 5.20. The molecule has 1 aliphatic heterocycles. The van der Waals surface area contributed by atoms with Crippen LogP contribution in [0.3, 0.4) is 0 Å². The van der Waals surface area contributed by atoms with Crippen LogP contribution in [-0.2, 0) is 4.79 Å². The number of aldehydes is 1. The van der Waals surface area contributed by atoms with Crippen LogP contribution in [0.15, 0.2) is 23.9 Å². The molecule has 0 radical (unpaired) electrons. The van der Waals surface area contributed by atoms with Gasteiger partial charge in [-0.05, 0) is 55.5 Å². The molecule has 130 valence electrons. The Hall–Kier alpha value is -1.30. The van der Waals surface area contributed by atoms with E-state index in [1.807, 2.05) is 4.90 Å². The Balaban J connectivity index is 2.00. The number of hydrogen-bond donors (Lipinski definition) is 1. The van der Waals surface area contributed by atoms with Crippen molar-refractivity contribution in [2.45, 2.75) is 38.3 Å². The molecule has 2 rings (SSSR count). The van der Waals surface area contributed by atoms with Gasteiger partial charge < -0.3 is 10.2 Å². The summed E-state index contributed by atoms with van der Waals surface area (Å²) < 4.78 is 38.3. The molecule has 2 fully saturated rings. The van der Waals surface area contributed by atoms with Crippen LogP contribution in [0.25, 0.3) is 0 Å². The van der Waals surface area contributed by atoms with Crippen molar-refractivity contribution in [2.75, 3.05) is 26.7 Å². The molecule has 0 amide bonds. The van der Waals surface area contributed by atoms with Crippen molar-refractivity contribution in [2.24, 2.45) is 11.3 Å². The molecule has 0 aromatic rings. The lowest BCUT2D eigenvalue weighted by molar-refractivity contribution is -0.106. The van der Waals surface area contributed by atoms with Crippen molar-refractivity contribution in [3.05, 3.63) is 23.9 Å². The average Bonchev–Trinajstić information content (AvgIpc) is 2.94. The molecule has 1 saturated heterocycles. The molecule has 3 nitrogen and oxygen atoms in total. The van der Waals surface area contributed by atoms with E-state index in [-0.39, 0.29) is 6.29 Å². The van der Waals surface area contributed by atoms with E-state index in [1.165, 1.54) is 31.9 Å². The lowest BCUT2D eigenvalue weighted by Crippen LogP contribution is -2.48. The van der Waals surface area contributed by atoms with Crippen LogP contribution in [0.4, 0.5) is 13.2 Å². The van der Waals surface area contributed by atoms with Gasteiger partial charge in [0.1, 0.15) is 6.29 Å². The second-order valence-corrected chi connectivity index (χ2v) is 6.74. The number of carbonyl (C=O) groups is 1. The topological polar surface area (TPSA) is 32.3 Å². The maximum absolute atomic E-state index is 12.8. The third kappa shape index (κ3) is 4.59. The van der Waals surface area contributed by atoms with E-state index in [9.17, 15) is 18.0 Å². The SMILES string of the molecule is CN(/C=C\C(=C/C=O)C(F)(F)F)CC1CCNCC12CCCC2. The second kappa shape index (κ2) is 7.51. The number of alkyl halides is 3. The smallest absolute Gasteiger partial charge is 0.380 e. The number of hydrogen-bond acceptors (Lipinski definition) is 3. The highest BCUT2D eigenvalue weighted by molar-refractivity contribution is 5.67. The molecule has 1 atom stereocenters. The standard InChI is InChI=1S/C17H25F3N2O/c1-22(10-5-14(6-11-23)17(18,19)20)12-15-4-9-21-13-16(15)7-2-3-8-16/h5-6,10-11,15,21H,2-4,7-9,12-13H2,1H3/b10-5-,14-6+. The molecule has 23 heavy (non-hydrogen) atoms. The van der Waals surface area contributed by atoms with Gasteiger partial charge in [-0.25, -0.2) is 0 Å². The molecule has 1 saturated carbocycles. The minimum Gasteiger partial charge on any atom is -0.380 e. The van der Waals surface area contributed by atoms with Gasteiger partial charge >= 0.3 is 6.18 Å². The van der Waals surface area contributed by atoms with Crippen molar-refractivity contribution < 1.29 is 18.0 Å². The molecule has 1 heterocycles. The summed E-state index contributed by atoms with van der Waals surface area (Å²) in [6.07, 6.45) is 4.64. The molecule has 0 aromatic carbocycles. The highest BCUT2D eigenvalue weighted by Crippen LogP contribution is 2.46. The summed E-state index contributed by atoms with van der Waals surface area (Å²) in [6, 6.07) is 0. The van der Waals surface area contributed by atoms with E-state index in [2.05, 4.69) is 5.32 Å². The third-order valence-electron chi connectivity index (χ3n) is 5.20. The van der Waals surface area contributed by atoms with Crippen LogP contribution in [0.1, 0.15) is 32.1 Å². The van der Waals surface area contributed by atoms with E-state index >= 15 is 0 Å². The van der Waals surface area contributed by atoms with E-state index < -0.39 is 11.7 Å². The van der Waals surface area contributed by atoms with E-state index in [0.717, 1.165) is 32.1 Å². The number of allylic oxidation sites excluding steroid dienone is 3. The van der Waals surface area contributed by atoms with Crippen molar-refractivity contribution >= 4 is 6.29 Å². The van der Waals surface area contributed by atoms with Crippen molar-refractivity contribution in [3.8, 4) is 0 Å². The molecule has 0 bridgehead atoms. The predicted octanol–water partition coefficient (Wildman–Crippen LogP) is 3.29. The number of carbonyl (C=O) groups excluding carboxylic acids is 1. The molecule has 6 heteroatoms. The van der Waals surface area contributed by atoms with Gasteiger partial charge in [0.05, 0.1) is 5.57 Å². The van der Waals surface area contributed by atoms with Gasteiger partial charge in [0.15, 0.2) is 0 Å². The first-order chi connectivity index (χ1) is 10.9. The zero-order valence-corrected chi connectivity index (χ0v) is 13.5. The highest BCUT2D eigenvalue weighted by Gasteiger charge is 2.42. The summed E-state index contributed by atoms with van der Waals surface area (Å²) in [4.78, 5) is 12.2. The van der Waals surface area contributed by atoms with Crippen molar-refractivity contribution in [3.63, 3.8) is 0 Å². The van der Waals surface area contributed by atoms with Gasteiger partial charge in [-0.2, -0.15) is 13.2 Å². The van der Waals surface area contributed by atoms with E-state index in [1.54, 1.807) is 7.05 Å². The lowest BCUT2D eigenvalue weighted by Gasteiger charge is -2.43.